The van der Waals surface area contributed by atoms with Gasteiger partial charge in [-0.3, -0.25) is 4.79 Å². The lowest BCUT2D eigenvalue weighted by Crippen LogP contribution is -2.40. The molecule has 3 nitrogen and oxygen atoms in total. The second-order valence-electron chi connectivity index (χ2n) is 3.91. The molecule has 1 fully saturated rings. The van der Waals surface area contributed by atoms with Crippen LogP contribution in [0.5, 0.6) is 0 Å². The molecule has 1 saturated carbocycles. The Balaban J connectivity index is 2.17. The summed E-state index contributed by atoms with van der Waals surface area (Å²) < 4.78 is 0. The van der Waals surface area contributed by atoms with Gasteiger partial charge in [-0.25, -0.2) is 0 Å². The SMILES string of the molecule is CC1(NCCC(N)=O)CCCC1. The van der Waals surface area contributed by atoms with Gasteiger partial charge in [-0.15, -0.1) is 0 Å². The molecule has 12 heavy (non-hydrogen) atoms. The Morgan fingerprint density at radius 2 is 2.08 bits per heavy atom. The largest absolute Gasteiger partial charge is 0.370 e. The third-order valence-corrected chi connectivity index (χ3v) is 2.63. The summed E-state index contributed by atoms with van der Waals surface area (Å²) in [6.07, 6.45) is 5.52. The molecule has 1 amide bonds. The van der Waals surface area contributed by atoms with Gasteiger partial charge < -0.3 is 11.1 Å². The summed E-state index contributed by atoms with van der Waals surface area (Å²) in [5, 5.41) is 3.39. The van der Waals surface area contributed by atoms with E-state index >= 15 is 0 Å². The topological polar surface area (TPSA) is 55.1 Å². The standard InChI is InChI=1S/C9H18N2O/c1-9(5-2-3-6-9)11-7-4-8(10)12/h11H,2-7H2,1H3,(H2,10,12). The van der Waals surface area contributed by atoms with Crippen LogP contribution in [0, 0.1) is 0 Å². The van der Waals surface area contributed by atoms with Crippen molar-refractivity contribution in [2.45, 2.75) is 44.6 Å². The zero-order valence-electron chi connectivity index (χ0n) is 7.73. The van der Waals surface area contributed by atoms with E-state index in [1.165, 1.54) is 25.7 Å². The Bertz CT molecular complexity index is 162. The minimum atomic E-state index is -0.218. The van der Waals surface area contributed by atoms with Gasteiger partial charge in [0.25, 0.3) is 0 Å². The molecule has 0 heterocycles. The number of primary amides is 1. The van der Waals surface area contributed by atoms with E-state index in [4.69, 9.17) is 5.73 Å². The van der Waals surface area contributed by atoms with E-state index in [1.54, 1.807) is 0 Å². The van der Waals surface area contributed by atoms with Crippen LogP contribution in [0.3, 0.4) is 0 Å². The number of nitrogens with two attached hydrogens (primary N) is 1. The third-order valence-electron chi connectivity index (χ3n) is 2.63. The Morgan fingerprint density at radius 1 is 1.50 bits per heavy atom. The van der Waals surface area contributed by atoms with E-state index in [2.05, 4.69) is 12.2 Å². The number of hydrogen-bond donors (Lipinski definition) is 2. The Labute approximate surface area is 73.7 Å². The summed E-state index contributed by atoms with van der Waals surface area (Å²) in [6.45, 7) is 2.95. The minimum absolute atomic E-state index is 0.218. The fourth-order valence-electron chi connectivity index (χ4n) is 1.82. The van der Waals surface area contributed by atoms with Gasteiger partial charge in [-0.2, -0.15) is 0 Å². The van der Waals surface area contributed by atoms with Gasteiger partial charge in [0.15, 0.2) is 0 Å². The average Bonchev–Trinajstić information content (AvgIpc) is 2.35. The van der Waals surface area contributed by atoms with Crippen LogP contribution < -0.4 is 11.1 Å². The second-order valence-corrected chi connectivity index (χ2v) is 3.91. The van der Waals surface area contributed by atoms with Gasteiger partial charge in [0.2, 0.25) is 5.91 Å². The van der Waals surface area contributed by atoms with Crippen molar-refractivity contribution in [3.63, 3.8) is 0 Å². The van der Waals surface area contributed by atoms with Crippen LogP contribution in [-0.2, 0) is 4.79 Å². The second kappa shape index (κ2) is 3.90. The first-order valence-corrected chi connectivity index (χ1v) is 4.66. The quantitative estimate of drug-likeness (QED) is 0.655. The summed E-state index contributed by atoms with van der Waals surface area (Å²) in [4.78, 5) is 10.5. The molecule has 3 heteroatoms. The maximum atomic E-state index is 10.5. The number of hydrogen-bond acceptors (Lipinski definition) is 2. The molecule has 0 aromatic rings. The average molecular weight is 170 g/mol. The lowest BCUT2D eigenvalue weighted by atomic mass is 10.0. The van der Waals surface area contributed by atoms with E-state index in [9.17, 15) is 4.79 Å². The highest BCUT2D eigenvalue weighted by Gasteiger charge is 2.27. The van der Waals surface area contributed by atoms with E-state index in [-0.39, 0.29) is 11.4 Å². The fraction of sp³-hybridized carbons (Fsp3) is 0.889. The maximum absolute atomic E-state index is 10.5. The van der Waals surface area contributed by atoms with Crippen LogP contribution in [0.1, 0.15) is 39.0 Å². The summed E-state index contributed by atoms with van der Waals surface area (Å²) in [5.41, 5.74) is 5.31. The van der Waals surface area contributed by atoms with Crippen molar-refractivity contribution in [2.75, 3.05) is 6.54 Å². The molecule has 0 bridgehead atoms. The fourth-order valence-corrected chi connectivity index (χ4v) is 1.82. The first kappa shape index (κ1) is 9.52. The van der Waals surface area contributed by atoms with Crippen molar-refractivity contribution in [1.29, 1.82) is 0 Å². The molecule has 0 aromatic carbocycles. The van der Waals surface area contributed by atoms with Crippen molar-refractivity contribution >= 4 is 5.91 Å². The van der Waals surface area contributed by atoms with E-state index in [0.717, 1.165) is 6.54 Å². The van der Waals surface area contributed by atoms with Crippen LogP contribution in [0.4, 0.5) is 0 Å². The van der Waals surface area contributed by atoms with Crippen molar-refractivity contribution in [1.82, 2.24) is 5.32 Å². The molecule has 0 radical (unpaired) electrons. The molecule has 0 saturated heterocycles. The van der Waals surface area contributed by atoms with Gasteiger partial charge >= 0.3 is 0 Å². The minimum Gasteiger partial charge on any atom is -0.370 e. The molecule has 1 rings (SSSR count). The van der Waals surface area contributed by atoms with Gasteiger partial charge in [0.1, 0.15) is 0 Å². The Morgan fingerprint density at radius 3 is 2.58 bits per heavy atom. The van der Waals surface area contributed by atoms with Gasteiger partial charge in [0.05, 0.1) is 0 Å². The Kier molecular flexibility index (Phi) is 3.09. The van der Waals surface area contributed by atoms with Crippen LogP contribution in [0.15, 0.2) is 0 Å². The van der Waals surface area contributed by atoms with Crippen LogP contribution in [0.2, 0.25) is 0 Å². The van der Waals surface area contributed by atoms with Crippen LogP contribution in [-0.4, -0.2) is 18.0 Å². The molecular formula is C9H18N2O. The maximum Gasteiger partial charge on any atom is 0.218 e. The highest BCUT2D eigenvalue weighted by molar-refractivity contribution is 5.73. The molecule has 0 spiro atoms. The highest BCUT2D eigenvalue weighted by Crippen LogP contribution is 2.28. The molecule has 1 aliphatic rings. The molecule has 3 N–H and O–H groups in total. The summed E-state index contributed by atoms with van der Waals surface area (Å²) >= 11 is 0. The Hall–Kier alpha value is -0.570. The smallest absolute Gasteiger partial charge is 0.218 e. The van der Waals surface area contributed by atoms with Gasteiger partial charge in [-0.1, -0.05) is 12.8 Å². The molecule has 0 unspecified atom stereocenters. The van der Waals surface area contributed by atoms with E-state index in [1.807, 2.05) is 0 Å². The van der Waals surface area contributed by atoms with Crippen LogP contribution in [0.25, 0.3) is 0 Å². The lowest BCUT2D eigenvalue weighted by molar-refractivity contribution is -0.117. The number of carbonyl (C=O) groups is 1. The molecular weight excluding hydrogens is 152 g/mol. The number of carbonyl (C=O) groups excluding carboxylic acids is 1. The first-order valence-electron chi connectivity index (χ1n) is 4.66. The van der Waals surface area contributed by atoms with Crippen molar-refractivity contribution in [3.05, 3.63) is 0 Å². The van der Waals surface area contributed by atoms with E-state index in [0.29, 0.717) is 6.42 Å². The number of rotatable bonds is 4. The first-order chi connectivity index (χ1) is 5.62. The summed E-state index contributed by atoms with van der Waals surface area (Å²) in [7, 11) is 0. The predicted molar refractivity (Wildman–Crippen MR) is 48.7 cm³/mol. The zero-order chi connectivity index (χ0) is 9.03. The molecule has 70 valence electrons. The summed E-state index contributed by atoms with van der Waals surface area (Å²) in [5.74, 6) is -0.218. The third kappa shape index (κ3) is 2.81. The summed E-state index contributed by atoms with van der Waals surface area (Å²) in [6, 6.07) is 0. The van der Waals surface area contributed by atoms with Gasteiger partial charge in [-0.05, 0) is 19.8 Å². The number of amides is 1. The zero-order valence-corrected chi connectivity index (χ0v) is 7.73. The molecule has 0 atom stereocenters. The lowest BCUT2D eigenvalue weighted by Gasteiger charge is -2.24. The van der Waals surface area contributed by atoms with E-state index < -0.39 is 0 Å². The van der Waals surface area contributed by atoms with Crippen molar-refractivity contribution in [3.8, 4) is 0 Å². The van der Waals surface area contributed by atoms with Gasteiger partial charge in [0, 0.05) is 18.5 Å². The van der Waals surface area contributed by atoms with Crippen molar-refractivity contribution in [2.24, 2.45) is 5.73 Å². The molecule has 0 aromatic heterocycles. The molecule has 1 aliphatic carbocycles. The van der Waals surface area contributed by atoms with Crippen LogP contribution >= 0.6 is 0 Å². The number of nitrogens with one attached hydrogen (secondary N) is 1. The van der Waals surface area contributed by atoms with Crippen molar-refractivity contribution < 1.29 is 4.79 Å². The predicted octanol–water partition coefficient (Wildman–Crippen LogP) is 0.784. The highest BCUT2D eigenvalue weighted by atomic mass is 16.1. The molecule has 0 aliphatic heterocycles. The monoisotopic (exact) mass is 170 g/mol. The normalized spacial score (nSPS) is 21.1.